The first-order valence-corrected chi connectivity index (χ1v) is 24.9. The number of allylic oxidation sites excluding steroid dienone is 12. The fraction of sp³-hybridized carbons (Fsp3) is 0.698. The van der Waals surface area contributed by atoms with Crippen LogP contribution in [-0.2, 0) is 42.9 Å². The van der Waals surface area contributed by atoms with Crippen molar-refractivity contribution in [3.63, 3.8) is 0 Å². The molecule has 65 heavy (non-hydrogen) atoms. The van der Waals surface area contributed by atoms with Crippen LogP contribution in [0.15, 0.2) is 72.9 Å². The van der Waals surface area contributed by atoms with Crippen molar-refractivity contribution in [3.8, 4) is 0 Å². The zero-order chi connectivity index (χ0) is 47.6. The summed E-state index contributed by atoms with van der Waals surface area (Å²) in [6.45, 7) is 5.63. The summed E-state index contributed by atoms with van der Waals surface area (Å²) in [7, 11) is 0. The fourth-order valence-corrected chi connectivity index (χ4v) is 6.98. The minimum Gasteiger partial charge on any atom is -0.479 e. The molecule has 1 heterocycles. The van der Waals surface area contributed by atoms with E-state index in [0.717, 1.165) is 103 Å². The Morgan fingerprint density at radius 3 is 1.48 bits per heavy atom. The van der Waals surface area contributed by atoms with E-state index in [1.807, 2.05) is 0 Å². The van der Waals surface area contributed by atoms with Gasteiger partial charge >= 0.3 is 23.9 Å². The third-order valence-corrected chi connectivity index (χ3v) is 10.8. The second-order valence-electron chi connectivity index (χ2n) is 16.7. The van der Waals surface area contributed by atoms with Gasteiger partial charge in [-0.2, -0.15) is 0 Å². The Morgan fingerprint density at radius 1 is 0.523 bits per heavy atom. The van der Waals surface area contributed by atoms with Crippen molar-refractivity contribution < 1.29 is 58.2 Å². The SMILES string of the molecule is CC/C=C\C/C=C\C/C=C\CCCCCC(=O)OCC(COC1OC(C(=O)O)C(O)C(O)C1OC(=O)CCCCCCCCCCC)OC(=O)CCCCC/C=C\C/C=C\C/C=C\CC. The summed E-state index contributed by atoms with van der Waals surface area (Å²) in [5, 5.41) is 31.2. The molecule has 6 atom stereocenters. The zero-order valence-electron chi connectivity index (χ0n) is 40.2. The lowest BCUT2D eigenvalue weighted by Crippen LogP contribution is -2.61. The number of ether oxygens (including phenoxy) is 5. The Kier molecular flexibility index (Phi) is 37.9. The Morgan fingerprint density at radius 2 is 0.969 bits per heavy atom. The van der Waals surface area contributed by atoms with Crippen molar-refractivity contribution in [1.82, 2.24) is 0 Å². The number of carboxylic acids is 1. The number of hydrogen-bond donors (Lipinski definition) is 3. The number of aliphatic hydroxyl groups is 2. The fourth-order valence-electron chi connectivity index (χ4n) is 6.98. The second-order valence-corrected chi connectivity index (χ2v) is 16.7. The van der Waals surface area contributed by atoms with Crippen LogP contribution < -0.4 is 0 Å². The first-order chi connectivity index (χ1) is 31.6. The van der Waals surface area contributed by atoms with Gasteiger partial charge in [0, 0.05) is 19.3 Å². The van der Waals surface area contributed by atoms with Gasteiger partial charge in [0.1, 0.15) is 18.8 Å². The van der Waals surface area contributed by atoms with E-state index in [-0.39, 0.29) is 25.9 Å². The van der Waals surface area contributed by atoms with Gasteiger partial charge in [-0.3, -0.25) is 14.4 Å². The van der Waals surface area contributed by atoms with E-state index in [0.29, 0.717) is 19.3 Å². The molecule has 0 aromatic carbocycles. The number of rotatable bonds is 40. The molecule has 0 bridgehead atoms. The highest BCUT2D eigenvalue weighted by molar-refractivity contribution is 5.74. The molecule has 370 valence electrons. The highest BCUT2D eigenvalue weighted by Gasteiger charge is 2.50. The van der Waals surface area contributed by atoms with Gasteiger partial charge in [-0.25, -0.2) is 4.79 Å². The predicted octanol–water partition coefficient (Wildman–Crippen LogP) is 11.4. The van der Waals surface area contributed by atoms with E-state index >= 15 is 0 Å². The number of unbranched alkanes of at least 4 members (excludes halogenated alkanes) is 14. The smallest absolute Gasteiger partial charge is 0.335 e. The van der Waals surface area contributed by atoms with Gasteiger partial charge in [-0.05, 0) is 83.5 Å². The molecule has 0 aromatic heterocycles. The molecule has 1 aliphatic rings. The number of hydrogen-bond acceptors (Lipinski definition) is 11. The first-order valence-electron chi connectivity index (χ1n) is 24.9. The summed E-state index contributed by atoms with van der Waals surface area (Å²) >= 11 is 0. The molecule has 1 saturated heterocycles. The van der Waals surface area contributed by atoms with Crippen molar-refractivity contribution >= 4 is 23.9 Å². The Balaban J connectivity index is 2.79. The molecule has 12 heteroatoms. The minimum absolute atomic E-state index is 0.0526. The summed E-state index contributed by atoms with van der Waals surface area (Å²) in [6, 6.07) is 0. The van der Waals surface area contributed by atoms with Crippen LogP contribution in [0.1, 0.15) is 188 Å². The minimum atomic E-state index is -1.91. The van der Waals surface area contributed by atoms with Crippen LogP contribution in [-0.4, -0.2) is 89.2 Å². The van der Waals surface area contributed by atoms with E-state index < -0.39 is 67.3 Å². The van der Waals surface area contributed by atoms with E-state index in [9.17, 15) is 34.5 Å². The summed E-state index contributed by atoms with van der Waals surface area (Å²) in [5.74, 6) is -3.21. The molecule has 0 amide bonds. The Labute approximate surface area is 391 Å². The molecule has 3 N–H and O–H groups in total. The van der Waals surface area contributed by atoms with E-state index in [1.54, 1.807) is 0 Å². The summed E-state index contributed by atoms with van der Waals surface area (Å²) < 4.78 is 28.1. The topological polar surface area (TPSA) is 175 Å². The van der Waals surface area contributed by atoms with Crippen molar-refractivity contribution in [2.75, 3.05) is 13.2 Å². The Hall–Kier alpha value is -3.84. The highest BCUT2D eigenvalue weighted by Crippen LogP contribution is 2.26. The largest absolute Gasteiger partial charge is 0.479 e. The molecule has 1 fully saturated rings. The van der Waals surface area contributed by atoms with Crippen molar-refractivity contribution in [2.45, 2.75) is 225 Å². The number of carbonyl (C=O) groups is 4. The van der Waals surface area contributed by atoms with Crippen molar-refractivity contribution in [1.29, 1.82) is 0 Å². The van der Waals surface area contributed by atoms with Crippen molar-refractivity contribution in [2.24, 2.45) is 0 Å². The molecule has 0 aromatic rings. The van der Waals surface area contributed by atoms with Gasteiger partial charge in [0.05, 0.1) is 6.61 Å². The average molecular weight is 915 g/mol. The van der Waals surface area contributed by atoms with Crippen LogP contribution in [0.2, 0.25) is 0 Å². The van der Waals surface area contributed by atoms with Crippen LogP contribution in [0.5, 0.6) is 0 Å². The van der Waals surface area contributed by atoms with Crippen LogP contribution >= 0.6 is 0 Å². The maximum atomic E-state index is 13.0. The molecule has 0 spiro atoms. The average Bonchev–Trinajstić information content (AvgIpc) is 3.29. The first kappa shape index (κ1) is 59.2. The number of carboxylic acid groups (broad SMARTS) is 1. The van der Waals surface area contributed by atoms with Crippen LogP contribution in [0.25, 0.3) is 0 Å². The zero-order valence-corrected chi connectivity index (χ0v) is 40.2. The molecule has 1 aliphatic heterocycles. The molecular weight excluding hydrogens is 829 g/mol. The summed E-state index contributed by atoms with van der Waals surface area (Å²) in [5.41, 5.74) is 0. The van der Waals surface area contributed by atoms with Crippen LogP contribution in [0, 0.1) is 0 Å². The number of aliphatic hydroxyl groups excluding tert-OH is 2. The predicted molar refractivity (Wildman–Crippen MR) is 257 cm³/mol. The van der Waals surface area contributed by atoms with Gasteiger partial charge in [-0.15, -0.1) is 0 Å². The third kappa shape index (κ3) is 32.5. The van der Waals surface area contributed by atoms with Crippen LogP contribution in [0.4, 0.5) is 0 Å². The molecule has 0 radical (unpaired) electrons. The van der Waals surface area contributed by atoms with Gasteiger partial charge in [0.25, 0.3) is 0 Å². The molecule has 1 rings (SSSR count). The summed E-state index contributed by atoms with van der Waals surface area (Å²) in [6.07, 6.45) is 37.8. The van der Waals surface area contributed by atoms with E-state index in [4.69, 9.17) is 23.7 Å². The lowest BCUT2D eigenvalue weighted by Gasteiger charge is -2.40. The summed E-state index contributed by atoms with van der Waals surface area (Å²) in [4.78, 5) is 50.6. The van der Waals surface area contributed by atoms with Gasteiger partial charge in [0.15, 0.2) is 24.6 Å². The van der Waals surface area contributed by atoms with E-state index in [1.165, 1.54) is 25.7 Å². The van der Waals surface area contributed by atoms with Gasteiger partial charge in [-0.1, -0.05) is 158 Å². The third-order valence-electron chi connectivity index (χ3n) is 10.8. The Bertz CT molecular complexity index is 1410. The second kappa shape index (κ2) is 41.6. The van der Waals surface area contributed by atoms with E-state index in [2.05, 4.69) is 93.7 Å². The van der Waals surface area contributed by atoms with Gasteiger partial charge in [0.2, 0.25) is 0 Å². The number of esters is 3. The maximum absolute atomic E-state index is 13.0. The maximum Gasteiger partial charge on any atom is 0.335 e. The molecule has 6 unspecified atom stereocenters. The molecule has 0 saturated carbocycles. The highest BCUT2D eigenvalue weighted by atomic mass is 16.7. The lowest BCUT2D eigenvalue weighted by atomic mass is 9.98. The van der Waals surface area contributed by atoms with Gasteiger partial charge < -0.3 is 39.0 Å². The number of aliphatic carboxylic acids is 1. The standard InChI is InChI=1S/C53H86O12/c1-4-7-10-13-16-19-21-23-25-28-30-33-36-39-45(54)61-42-44(63-46(55)40-37-34-32-29-26-24-22-20-17-14-11-8-5-2)43-62-53-51(49(58)48(57)50(65-53)52(59)60)64-47(56)41-38-35-31-27-18-15-12-9-6-3/h7-8,10-11,16-17,19-20,23-26,44,48-51,53,57-58H,4-6,9,12-15,18,21-22,27-43H2,1-3H3,(H,59,60)/b10-7-,11-8-,19-16-,20-17-,25-23-,26-24-. The normalized spacial score (nSPS) is 19.7. The molecular formula is C53H86O12. The monoisotopic (exact) mass is 915 g/mol. The quantitative estimate of drug-likeness (QED) is 0.0230. The van der Waals surface area contributed by atoms with Crippen molar-refractivity contribution in [3.05, 3.63) is 72.9 Å². The number of carbonyl (C=O) groups excluding carboxylic acids is 3. The van der Waals surface area contributed by atoms with Crippen LogP contribution in [0.3, 0.4) is 0 Å². The molecule has 0 aliphatic carbocycles. The molecule has 12 nitrogen and oxygen atoms in total. The lowest BCUT2D eigenvalue weighted by molar-refractivity contribution is -0.301.